The second-order valence-electron chi connectivity index (χ2n) is 5.85. The Bertz CT molecular complexity index is 638. The summed E-state index contributed by atoms with van der Waals surface area (Å²) in [7, 11) is 0. The Hall–Kier alpha value is -2.18. The molecule has 1 atom stereocenters. The molecule has 6 heteroatoms. The van der Waals surface area contributed by atoms with Crippen LogP contribution in [0.1, 0.15) is 23.2 Å². The summed E-state index contributed by atoms with van der Waals surface area (Å²) in [6.07, 6.45) is 5.26. The molecule has 1 saturated carbocycles. The van der Waals surface area contributed by atoms with E-state index in [9.17, 15) is 9.90 Å². The Morgan fingerprint density at radius 1 is 1.43 bits per heavy atom. The number of nitrogens with zero attached hydrogens (tertiary/aromatic N) is 2. The van der Waals surface area contributed by atoms with Gasteiger partial charge in [0.05, 0.1) is 18.4 Å². The number of aliphatic hydroxyl groups is 1. The summed E-state index contributed by atoms with van der Waals surface area (Å²) in [6.45, 7) is 1.14. The number of carbonyl (C=O) groups is 1. The van der Waals surface area contributed by atoms with Gasteiger partial charge in [0.15, 0.2) is 0 Å². The zero-order valence-corrected chi connectivity index (χ0v) is 12.9. The van der Waals surface area contributed by atoms with Crippen molar-refractivity contribution in [3.8, 4) is 5.69 Å². The Labute approximate surface area is 135 Å². The highest BCUT2D eigenvalue weighted by Gasteiger charge is 2.21. The molecule has 6 nitrogen and oxygen atoms in total. The van der Waals surface area contributed by atoms with Gasteiger partial charge in [0.1, 0.15) is 0 Å². The third-order valence-corrected chi connectivity index (χ3v) is 3.74. The summed E-state index contributed by atoms with van der Waals surface area (Å²) >= 11 is 0. The maximum absolute atomic E-state index is 12.2. The minimum Gasteiger partial charge on any atom is -0.389 e. The van der Waals surface area contributed by atoms with E-state index in [-0.39, 0.29) is 19.1 Å². The zero-order valence-electron chi connectivity index (χ0n) is 12.9. The van der Waals surface area contributed by atoms with Crippen LogP contribution < -0.4 is 5.32 Å². The van der Waals surface area contributed by atoms with Gasteiger partial charge in [0, 0.05) is 31.1 Å². The van der Waals surface area contributed by atoms with Crippen LogP contribution in [-0.4, -0.2) is 46.7 Å². The minimum absolute atomic E-state index is 0.176. The molecule has 0 radical (unpaired) electrons. The molecule has 0 spiro atoms. The first-order valence-corrected chi connectivity index (χ1v) is 7.86. The number of ether oxygens (including phenoxy) is 1. The van der Waals surface area contributed by atoms with Gasteiger partial charge in [-0.25, -0.2) is 4.68 Å². The quantitative estimate of drug-likeness (QED) is 0.772. The molecule has 2 aromatic rings. The Kier molecular flexibility index (Phi) is 5.05. The van der Waals surface area contributed by atoms with Crippen molar-refractivity contribution in [1.82, 2.24) is 15.1 Å². The smallest absolute Gasteiger partial charge is 0.251 e. The minimum atomic E-state index is -0.688. The van der Waals surface area contributed by atoms with Crippen LogP contribution in [0.3, 0.4) is 0 Å². The monoisotopic (exact) mass is 315 g/mol. The van der Waals surface area contributed by atoms with Crippen molar-refractivity contribution in [2.75, 3.05) is 19.8 Å². The Morgan fingerprint density at radius 2 is 2.30 bits per heavy atom. The van der Waals surface area contributed by atoms with Gasteiger partial charge in [0.25, 0.3) is 5.91 Å². The maximum atomic E-state index is 12.2. The highest BCUT2D eigenvalue weighted by molar-refractivity contribution is 5.94. The molecule has 0 aliphatic heterocycles. The lowest BCUT2D eigenvalue weighted by molar-refractivity contribution is 0.0320. The third-order valence-electron chi connectivity index (χ3n) is 3.74. The summed E-state index contributed by atoms with van der Waals surface area (Å²) < 4.78 is 7.10. The highest BCUT2D eigenvalue weighted by atomic mass is 16.5. The number of rotatable bonds is 8. The summed E-state index contributed by atoms with van der Waals surface area (Å²) in [6, 6.07) is 9.01. The topological polar surface area (TPSA) is 76.4 Å². The van der Waals surface area contributed by atoms with Crippen LogP contribution in [-0.2, 0) is 4.74 Å². The van der Waals surface area contributed by atoms with Crippen molar-refractivity contribution in [1.29, 1.82) is 0 Å². The molecule has 1 aromatic carbocycles. The SMILES string of the molecule is O=C(NCC(O)COCC1CC1)c1cccc(-n2cccn2)c1. The summed E-state index contributed by atoms with van der Waals surface area (Å²) in [4.78, 5) is 12.2. The first kappa shape index (κ1) is 15.7. The lowest BCUT2D eigenvalue weighted by Gasteiger charge is -2.12. The van der Waals surface area contributed by atoms with Crippen molar-refractivity contribution in [2.24, 2.45) is 5.92 Å². The molecule has 0 bridgehead atoms. The van der Waals surface area contributed by atoms with Gasteiger partial charge >= 0.3 is 0 Å². The molecule has 1 aliphatic rings. The standard InChI is InChI=1S/C17H21N3O3/c21-16(12-23-11-13-5-6-13)10-18-17(22)14-3-1-4-15(9-14)20-8-2-7-19-20/h1-4,7-9,13,16,21H,5-6,10-12H2,(H,18,22). The van der Waals surface area contributed by atoms with Crippen LogP contribution in [0, 0.1) is 5.92 Å². The first-order valence-electron chi connectivity index (χ1n) is 7.86. The van der Waals surface area contributed by atoms with Crippen LogP contribution in [0.25, 0.3) is 5.69 Å². The van der Waals surface area contributed by atoms with E-state index >= 15 is 0 Å². The highest BCUT2D eigenvalue weighted by Crippen LogP contribution is 2.28. The van der Waals surface area contributed by atoms with Gasteiger partial charge in [-0.1, -0.05) is 6.07 Å². The summed E-state index contributed by atoms with van der Waals surface area (Å²) in [5.74, 6) is 0.446. The molecule has 23 heavy (non-hydrogen) atoms. The summed E-state index contributed by atoms with van der Waals surface area (Å²) in [5, 5.41) is 16.7. The third kappa shape index (κ3) is 4.64. The van der Waals surface area contributed by atoms with Crippen molar-refractivity contribution in [3.05, 3.63) is 48.3 Å². The molecule has 0 saturated heterocycles. The van der Waals surface area contributed by atoms with Crippen LogP contribution in [0.15, 0.2) is 42.7 Å². The van der Waals surface area contributed by atoms with Crippen LogP contribution in [0.5, 0.6) is 0 Å². The normalized spacial score (nSPS) is 15.3. The average Bonchev–Trinajstić information content (AvgIpc) is 3.23. The van der Waals surface area contributed by atoms with Crippen molar-refractivity contribution < 1.29 is 14.6 Å². The van der Waals surface area contributed by atoms with E-state index in [4.69, 9.17) is 4.74 Å². The summed E-state index contributed by atoms with van der Waals surface area (Å²) in [5.41, 5.74) is 1.35. The van der Waals surface area contributed by atoms with Crippen molar-refractivity contribution in [3.63, 3.8) is 0 Å². The van der Waals surface area contributed by atoms with Gasteiger partial charge in [-0.05, 0) is 43.0 Å². The molecule has 3 rings (SSSR count). The van der Waals surface area contributed by atoms with E-state index in [1.165, 1.54) is 12.8 Å². The molecule has 1 heterocycles. The van der Waals surface area contributed by atoms with E-state index in [1.807, 2.05) is 18.3 Å². The van der Waals surface area contributed by atoms with Crippen LogP contribution in [0.2, 0.25) is 0 Å². The van der Waals surface area contributed by atoms with Crippen LogP contribution in [0.4, 0.5) is 0 Å². The number of aliphatic hydroxyl groups excluding tert-OH is 1. The maximum Gasteiger partial charge on any atom is 0.251 e. The van der Waals surface area contributed by atoms with E-state index in [2.05, 4.69) is 10.4 Å². The van der Waals surface area contributed by atoms with Gasteiger partial charge < -0.3 is 15.2 Å². The largest absolute Gasteiger partial charge is 0.389 e. The van der Waals surface area contributed by atoms with E-state index in [1.54, 1.807) is 29.1 Å². The van der Waals surface area contributed by atoms with E-state index in [0.29, 0.717) is 18.1 Å². The molecular weight excluding hydrogens is 294 g/mol. The second-order valence-corrected chi connectivity index (χ2v) is 5.85. The van der Waals surface area contributed by atoms with Crippen LogP contribution >= 0.6 is 0 Å². The Morgan fingerprint density at radius 3 is 3.04 bits per heavy atom. The molecule has 1 aromatic heterocycles. The fraction of sp³-hybridized carbons (Fsp3) is 0.412. The lowest BCUT2D eigenvalue weighted by Crippen LogP contribution is -2.34. The molecule has 1 amide bonds. The lowest BCUT2D eigenvalue weighted by atomic mass is 10.2. The van der Waals surface area contributed by atoms with E-state index < -0.39 is 6.10 Å². The predicted molar refractivity (Wildman–Crippen MR) is 85.4 cm³/mol. The number of hydrogen-bond donors (Lipinski definition) is 2. The fourth-order valence-corrected chi connectivity index (χ4v) is 2.24. The number of amides is 1. The second kappa shape index (κ2) is 7.39. The number of aromatic nitrogens is 2. The number of nitrogens with one attached hydrogen (secondary N) is 1. The number of carbonyl (C=O) groups excluding carboxylic acids is 1. The molecule has 1 fully saturated rings. The molecule has 2 N–H and O–H groups in total. The van der Waals surface area contributed by atoms with E-state index in [0.717, 1.165) is 5.69 Å². The predicted octanol–water partition coefficient (Wildman–Crippen LogP) is 1.39. The van der Waals surface area contributed by atoms with Gasteiger partial charge in [-0.3, -0.25) is 4.79 Å². The first-order chi connectivity index (χ1) is 11.2. The van der Waals surface area contributed by atoms with Gasteiger partial charge in [-0.15, -0.1) is 0 Å². The molecule has 1 aliphatic carbocycles. The molecular formula is C17H21N3O3. The Balaban J connectivity index is 1.48. The van der Waals surface area contributed by atoms with Gasteiger partial charge in [-0.2, -0.15) is 5.10 Å². The fourth-order valence-electron chi connectivity index (χ4n) is 2.24. The number of hydrogen-bond acceptors (Lipinski definition) is 4. The van der Waals surface area contributed by atoms with Gasteiger partial charge in [0.2, 0.25) is 0 Å². The number of benzene rings is 1. The average molecular weight is 315 g/mol. The molecule has 1 unspecified atom stereocenters. The van der Waals surface area contributed by atoms with Crippen molar-refractivity contribution >= 4 is 5.91 Å². The van der Waals surface area contributed by atoms with Crippen molar-refractivity contribution in [2.45, 2.75) is 18.9 Å². The molecule has 122 valence electrons. The zero-order chi connectivity index (χ0) is 16.1.